The fraction of sp³-hybridized carbons (Fsp3) is 0.250. The molecular weight excluding hydrogens is 296 g/mol. The van der Waals surface area contributed by atoms with Crippen LogP contribution in [0.15, 0.2) is 35.3 Å². The van der Waals surface area contributed by atoms with Crippen molar-refractivity contribution in [3.8, 4) is 5.75 Å². The van der Waals surface area contributed by atoms with Crippen LogP contribution < -0.4 is 10.3 Å². The lowest BCUT2D eigenvalue weighted by molar-refractivity contribution is -0.135. The molecule has 0 N–H and O–H groups in total. The second kappa shape index (κ2) is 5.68. The molecular formula is C16H16N4O3. The van der Waals surface area contributed by atoms with Gasteiger partial charge in [0.25, 0.3) is 5.56 Å². The van der Waals surface area contributed by atoms with Gasteiger partial charge < -0.3 is 4.74 Å². The molecule has 0 amide bonds. The summed E-state index contributed by atoms with van der Waals surface area (Å²) in [7, 11) is 1.78. The van der Waals surface area contributed by atoms with Gasteiger partial charge in [0.05, 0.1) is 22.9 Å². The van der Waals surface area contributed by atoms with Crippen molar-refractivity contribution >= 4 is 17.0 Å². The number of aromatic nitrogens is 4. The van der Waals surface area contributed by atoms with E-state index >= 15 is 0 Å². The van der Waals surface area contributed by atoms with Crippen molar-refractivity contribution in [3.05, 3.63) is 52.2 Å². The number of carbonyl (C=O) groups excluding carboxylic acids is 1. The van der Waals surface area contributed by atoms with Crippen LogP contribution in [0.1, 0.15) is 11.4 Å². The molecule has 0 saturated heterocycles. The summed E-state index contributed by atoms with van der Waals surface area (Å²) in [6.07, 6.45) is 1.20. The molecule has 7 heteroatoms. The highest BCUT2D eigenvalue weighted by atomic mass is 16.5. The standard InChI is InChI=1S/C16H16N4O3/c1-10-16(11(2)19(3)18-10)23-15(22)9-20-13-7-5-4-6-12(13)17-8-14(20)21/h4-8H,9H2,1-3H3. The maximum absolute atomic E-state index is 12.3. The van der Waals surface area contributed by atoms with Gasteiger partial charge in [0.1, 0.15) is 12.2 Å². The molecule has 2 aromatic heterocycles. The van der Waals surface area contributed by atoms with Gasteiger partial charge in [-0.2, -0.15) is 5.10 Å². The molecule has 0 spiro atoms. The van der Waals surface area contributed by atoms with E-state index in [9.17, 15) is 9.59 Å². The smallest absolute Gasteiger partial charge is 0.331 e. The van der Waals surface area contributed by atoms with E-state index in [1.807, 2.05) is 13.0 Å². The molecule has 0 atom stereocenters. The number of aryl methyl sites for hydroxylation is 2. The molecule has 1 aromatic carbocycles. The number of hydrogen-bond donors (Lipinski definition) is 0. The van der Waals surface area contributed by atoms with Crippen molar-refractivity contribution in [2.24, 2.45) is 7.05 Å². The lowest BCUT2D eigenvalue weighted by Crippen LogP contribution is -2.27. The molecule has 118 valence electrons. The molecule has 2 heterocycles. The van der Waals surface area contributed by atoms with E-state index in [4.69, 9.17) is 4.74 Å². The average molecular weight is 312 g/mol. The zero-order valence-corrected chi connectivity index (χ0v) is 13.1. The first-order chi connectivity index (χ1) is 11.0. The van der Waals surface area contributed by atoms with Crippen LogP contribution in [-0.4, -0.2) is 25.3 Å². The molecule has 0 fully saturated rings. The van der Waals surface area contributed by atoms with Crippen molar-refractivity contribution in [2.75, 3.05) is 0 Å². The Labute approximate surface area is 132 Å². The quantitative estimate of drug-likeness (QED) is 0.682. The minimum atomic E-state index is -0.525. The van der Waals surface area contributed by atoms with Crippen molar-refractivity contribution in [3.63, 3.8) is 0 Å². The van der Waals surface area contributed by atoms with Gasteiger partial charge in [0.2, 0.25) is 0 Å². The monoisotopic (exact) mass is 312 g/mol. The van der Waals surface area contributed by atoms with Gasteiger partial charge in [-0.05, 0) is 26.0 Å². The van der Waals surface area contributed by atoms with Crippen LogP contribution in [-0.2, 0) is 18.4 Å². The highest BCUT2D eigenvalue weighted by molar-refractivity contribution is 5.78. The van der Waals surface area contributed by atoms with Crippen molar-refractivity contribution < 1.29 is 9.53 Å². The Morgan fingerprint density at radius 1 is 1.26 bits per heavy atom. The fourth-order valence-electron chi connectivity index (χ4n) is 2.45. The van der Waals surface area contributed by atoms with Crippen molar-refractivity contribution in [2.45, 2.75) is 20.4 Å². The molecule has 3 aromatic rings. The minimum Gasteiger partial charge on any atom is -0.421 e. The first-order valence-electron chi connectivity index (χ1n) is 7.13. The predicted molar refractivity (Wildman–Crippen MR) is 84.3 cm³/mol. The molecule has 0 aliphatic carbocycles. The van der Waals surface area contributed by atoms with Crippen LogP contribution in [0.4, 0.5) is 0 Å². The predicted octanol–water partition coefficient (Wildman–Crippen LogP) is 1.35. The number of hydrogen-bond acceptors (Lipinski definition) is 5. The maximum atomic E-state index is 12.3. The number of carbonyl (C=O) groups is 1. The van der Waals surface area contributed by atoms with Crippen LogP contribution >= 0.6 is 0 Å². The summed E-state index contributed by atoms with van der Waals surface area (Å²) in [6.45, 7) is 3.40. The second-order valence-corrected chi connectivity index (χ2v) is 5.27. The molecule has 3 rings (SSSR count). The topological polar surface area (TPSA) is 79.0 Å². The normalized spacial score (nSPS) is 10.9. The van der Waals surface area contributed by atoms with Gasteiger partial charge in [-0.1, -0.05) is 12.1 Å². The Morgan fingerprint density at radius 3 is 2.70 bits per heavy atom. The van der Waals surface area contributed by atoms with Gasteiger partial charge in [-0.3, -0.25) is 14.0 Å². The number of esters is 1. The Balaban J connectivity index is 1.92. The highest BCUT2D eigenvalue weighted by Crippen LogP contribution is 2.21. The summed E-state index contributed by atoms with van der Waals surface area (Å²) >= 11 is 0. The van der Waals surface area contributed by atoms with E-state index in [1.54, 1.807) is 36.9 Å². The SMILES string of the molecule is Cc1nn(C)c(C)c1OC(=O)Cn1c(=O)cnc2ccccc21. The highest BCUT2D eigenvalue weighted by Gasteiger charge is 2.16. The van der Waals surface area contributed by atoms with Crippen LogP contribution in [0.25, 0.3) is 11.0 Å². The molecule has 23 heavy (non-hydrogen) atoms. The van der Waals surface area contributed by atoms with Gasteiger partial charge in [0.15, 0.2) is 5.75 Å². The lowest BCUT2D eigenvalue weighted by atomic mass is 10.3. The third-order valence-electron chi connectivity index (χ3n) is 3.70. The lowest BCUT2D eigenvalue weighted by Gasteiger charge is -2.09. The Hall–Kier alpha value is -2.96. The van der Waals surface area contributed by atoms with E-state index < -0.39 is 5.97 Å². The van der Waals surface area contributed by atoms with Crippen LogP contribution in [0.5, 0.6) is 5.75 Å². The largest absolute Gasteiger partial charge is 0.421 e. The van der Waals surface area contributed by atoms with Crippen LogP contribution in [0.3, 0.4) is 0 Å². The van der Waals surface area contributed by atoms with Gasteiger partial charge >= 0.3 is 5.97 Å². The number of para-hydroxylation sites is 2. The van der Waals surface area contributed by atoms with Gasteiger partial charge in [0, 0.05) is 7.05 Å². The van der Waals surface area contributed by atoms with Crippen molar-refractivity contribution in [1.29, 1.82) is 0 Å². The first kappa shape index (κ1) is 15.0. The van der Waals surface area contributed by atoms with Gasteiger partial charge in [-0.25, -0.2) is 9.78 Å². The first-order valence-corrected chi connectivity index (χ1v) is 7.13. The van der Waals surface area contributed by atoms with Crippen LogP contribution in [0, 0.1) is 13.8 Å². The zero-order chi connectivity index (χ0) is 16.6. The summed E-state index contributed by atoms with van der Waals surface area (Å²) < 4.78 is 8.40. The second-order valence-electron chi connectivity index (χ2n) is 5.27. The summed E-state index contributed by atoms with van der Waals surface area (Å²) in [5.74, 6) is -0.0911. The number of fused-ring (bicyclic) bond motifs is 1. The third kappa shape index (κ3) is 2.73. The molecule has 0 aliphatic rings. The molecule has 0 bridgehead atoms. The summed E-state index contributed by atoms with van der Waals surface area (Å²) in [5, 5.41) is 4.20. The Kier molecular flexibility index (Phi) is 3.69. The summed E-state index contributed by atoms with van der Waals surface area (Å²) in [4.78, 5) is 28.4. The molecule has 0 unspecified atom stereocenters. The van der Waals surface area contributed by atoms with E-state index in [2.05, 4.69) is 10.1 Å². The number of nitrogens with zero attached hydrogens (tertiary/aromatic N) is 4. The summed E-state index contributed by atoms with van der Waals surface area (Å²) in [5.41, 5.74) is 2.28. The molecule has 0 saturated carbocycles. The third-order valence-corrected chi connectivity index (χ3v) is 3.70. The summed E-state index contributed by atoms with van der Waals surface area (Å²) in [6, 6.07) is 7.15. The van der Waals surface area contributed by atoms with E-state index in [0.29, 0.717) is 22.5 Å². The maximum Gasteiger partial charge on any atom is 0.331 e. The number of ether oxygens (including phenoxy) is 1. The van der Waals surface area contributed by atoms with E-state index in [-0.39, 0.29) is 12.1 Å². The van der Waals surface area contributed by atoms with Gasteiger partial charge in [-0.15, -0.1) is 0 Å². The molecule has 0 radical (unpaired) electrons. The van der Waals surface area contributed by atoms with E-state index in [0.717, 1.165) is 5.69 Å². The zero-order valence-electron chi connectivity index (χ0n) is 13.1. The number of rotatable bonds is 3. The number of benzene rings is 1. The minimum absolute atomic E-state index is 0.185. The Bertz CT molecular complexity index is 956. The Morgan fingerprint density at radius 2 is 2.00 bits per heavy atom. The average Bonchev–Trinajstić information content (AvgIpc) is 2.76. The van der Waals surface area contributed by atoms with E-state index in [1.165, 1.54) is 10.8 Å². The van der Waals surface area contributed by atoms with Crippen LogP contribution in [0.2, 0.25) is 0 Å². The molecule has 7 nitrogen and oxygen atoms in total. The molecule has 0 aliphatic heterocycles. The fourth-order valence-corrected chi connectivity index (χ4v) is 2.45. The van der Waals surface area contributed by atoms with Crippen molar-refractivity contribution in [1.82, 2.24) is 19.3 Å².